The quantitative estimate of drug-likeness (QED) is 0.850. The van der Waals surface area contributed by atoms with Crippen molar-refractivity contribution >= 4 is 23.2 Å². The molecule has 6 heteroatoms. The molecule has 1 aromatic rings. The molecule has 2 N–H and O–H groups in total. The molecular formula is C13H18N2O3S. The van der Waals surface area contributed by atoms with Crippen LogP contribution in [0.25, 0.3) is 0 Å². The summed E-state index contributed by atoms with van der Waals surface area (Å²) in [7, 11) is 0. The third kappa shape index (κ3) is 3.54. The summed E-state index contributed by atoms with van der Waals surface area (Å²) >= 11 is 1.59. The zero-order valence-corrected chi connectivity index (χ0v) is 11.7. The van der Waals surface area contributed by atoms with Gasteiger partial charge in [-0.05, 0) is 30.3 Å². The second kappa shape index (κ2) is 6.16. The molecular weight excluding hydrogens is 264 g/mol. The van der Waals surface area contributed by atoms with Crippen molar-refractivity contribution < 1.29 is 14.7 Å². The standard InChI is InChI=1S/C13H18N2O3S/c1-9-4-5-15(12(9)13(17)18)8-11(16)14-7-10-3-2-6-19-10/h2-3,6,9,12H,4-5,7-8H2,1H3,(H,14,16)(H,17,18). The number of nitrogens with one attached hydrogen (secondary N) is 1. The van der Waals surface area contributed by atoms with E-state index in [2.05, 4.69) is 5.32 Å². The van der Waals surface area contributed by atoms with Gasteiger partial charge in [0.2, 0.25) is 5.91 Å². The molecule has 0 aromatic carbocycles. The Hall–Kier alpha value is -1.40. The van der Waals surface area contributed by atoms with Crippen molar-refractivity contribution in [1.29, 1.82) is 0 Å². The summed E-state index contributed by atoms with van der Waals surface area (Å²) in [6.07, 6.45) is 0.829. The van der Waals surface area contributed by atoms with Gasteiger partial charge in [-0.1, -0.05) is 13.0 Å². The van der Waals surface area contributed by atoms with Crippen LogP contribution in [0.15, 0.2) is 17.5 Å². The highest BCUT2D eigenvalue weighted by Crippen LogP contribution is 2.23. The van der Waals surface area contributed by atoms with Gasteiger partial charge in [-0.3, -0.25) is 14.5 Å². The van der Waals surface area contributed by atoms with Gasteiger partial charge in [0.05, 0.1) is 13.1 Å². The van der Waals surface area contributed by atoms with Gasteiger partial charge in [0.15, 0.2) is 0 Å². The molecule has 1 saturated heterocycles. The number of thiophene rings is 1. The van der Waals surface area contributed by atoms with Crippen LogP contribution in [0, 0.1) is 5.92 Å². The summed E-state index contributed by atoms with van der Waals surface area (Å²) in [5.41, 5.74) is 0. The lowest BCUT2D eigenvalue weighted by Crippen LogP contribution is -2.44. The Kier molecular flexibility index (Phi) is 4.55. The highest BCUT2D eigenvalue weighted by molar-refractivity contribution is 7.09. The Labute approximate surface area is 116 Å². The Bertz CT molecular complexity index is 447. The number of carbonyl (C=O) groups excluding carboxylic acids is 1. The van der Waals surface area contributed by atoms with E-state index in [1.807, 2.05) is 24.4 Å². The predicted molar refractivity (Wildman–Crippen MR) is 72.9 cm³/mol. The van der Waals surface area contributed by atoms with Crippen LogP contribution in [0.4, 0.5) is 0 Å². The number of hydrogen-bond donors (Lipinski definition) is 2. The molecule has 0 radical (unpaired) electrons. The summed E-state index contributed by atoms with van der Waals surface area (Å²) in [5, 5.41) is 14.0. The van der Waals surface area contributed by atoms with E-state index in [0.717, 1.165) is 11.3 Å². The van der Waals surface area contributed by atoms with Crippen LogP contribution < -0.4 is 5.32 Å². The fraction of sp³-hybridized carbons (Fsp3) is 0.538. The minimum atomic E-state index is -0.837. The first-order valence-corrected chi connectivity index (χ1v) is 7.22. The van der Waals surface area contributed by atoms with Crippen molar-refractivity contribution in [3.8, 4) is 0 Å². The molecule has 1 aliphatic heterocycles. The third-order valence-corrected chi connectivity index (χ3v) is 4.32. The fourth-order valence-electron chi connectivity index (χ4n) is 2.44. The van der Waals surface area contributed by atoms with Crippen LogP contribution >= 0.6 is 11.3 Å². The molecule has 0 aliphatic carbocycles. The van der Waals surface area contributed by atoms with Crippen molar-refractivity contribution in [3.63, 3.8) is 0 Å². The Morgan fingerprint density at radius 3 is 3.00 bits per heavy atom. The molecule has 5 nitrogen and oxygen atoms in total. The van der Waals surface area contributed by atoms with Crippen LogP contribution in [-0.2, 0) is 16.1 Å². The van der Waals surface area contributed by atoms with Crippen molar-refractivity contribution in [2.75, 3.05) is 13.1 Å². The van der Waals surface area contributed by atoms with Crippen molar-refractivity contribution in [1.82, 2.24) is 10.2 Å². The van der Waals surface area contributed by atoms with Gasteiger partial charge in [0.1, 0.15) is 6.04 Å². The van der Waals surface area contributed by atoms with E-state index in [0.29, 0.717) is 13.1 Å². The van der Waals surface area contributed by atoms with E-state index in [1.54, 1.807) is 16.2 Å². The maximum Gasteiger partial charge on any atom is 0.321 e. The lowest BCUT2D eigenvalue weighted by atomic mass is 10.0. The average Bonchev–Trinajstić information content (AvgIpc) is 2.96. The minimum absolute atomic E-state index is 0.0996. The SMILES string of the molecule is CC1CCN(CC(=O)NCc2cccs2)C1C(=O)O. The molecule has 19 heavy (non-hydrogen) atoms. The van der Waals surface area contributed by atoms with Gasteiger partial charge in [0.25, 0.3) is 0 Å². The molecule has 1 amide bonds. The number of carbonyl (C=O) groups is 2. The van der Waals surface area contributed by atoms with Gasteiger partial charge >= 0.3 is 5.97 Å². The molecule has 0 spiro atoms. The maximum atomic E-state index is 11.8. The highest BCUT2D eigenvalue weighted by Gasteiger charge is 2.37. The van der Waals surface area contributed by atoms with Gasteiger partial charge < -0.3 is 10.4 Å². The van der Waals surface area contributed by atoms with Crippen LogP contribution in [0.3, 0.4) is 0 Å². The van der Waals surface area contributed by atoms with Crippen molar-refractivity contribution in [3.05, 3.63) is 22.4 Å². The number of hydrogen-bond acceptors (Lipinski definition) is 4. The van der Waals surface area contributed by atoms with Crippen LogP contribution in [-0.4, -0.2) is 41.0 Å². The molecule has 104 valence electrons. The Balaban J connectivity index is 1.83. The van der Waals surface area contributed by atoms with Crippen molar-refractivity contribution in [2.24, 2.45) is 5.92 Å². The molecule has 0 saturated carbocycles. The molecule has 2 unspecified atom stereocenters. The lowest BCUT2D eigenvalue weighted by molar-refractivity contribution is -0.143. The first-order valence-electron chi connectivity index (χ1n) is 6.34. The average molecular weight is 282 g/mol. The fourth-order valence-corrected chi connectivity index (χ4v) is 3.09. The summed E-state index contributed by atoms with van der Waals surface area (Å²) < 4.78 is 0. The molecule has 1 aliphatic rings. The normalized spacial score (nSPS) is 23.4. The first-order chi connectivity index (χ1) is 9.08. The predicted octanol–water partition coefficient (Wildman–Crippen LogP) is 1.16. The number of likely N-dealkylation sites (tertiary alicyclic amines) is 1. The van der Waals surface area contributed by atoms with E-state index >= 15 is 0 Å². The smallest absolute Gasteiger partial charge is 0.321 e. The molecule has 1 aromatic heterocycles. The zero-order chi connectivity index (χ0) is 13.8. The van der Waals surface area contributed by atoms with E-state index in [4.69, 9.17) is 0 Å². The Morgan fingerprint density at radius 1 is 1.58 bits per heavy atom. The maximum absolute atomic E-state index is 11.8. The number of aliphatic carboxylic acids is 1. The molecule has 2 atom stereocenters. The number of rotatable bonds is 5. The van der Waals surface area contributed by atoms with Crippen LogP contribution in [0.5, 0.6) is 0 Å². The molecule has 0 bridgehead atoms. The van der Waals surface area contributed by atoms with Gasteiger partial charge in [-0.2, -0.15) is 0 Å². The number of carboxylic acid groups (broad SMARTS) is 1. The van der Waals surface area contributed by atoms with E-state index < -0.39 is 12.0 Å². The van der Waals surface area contributed by atoms with E-state index in [1.165, 1.54) is 0 Å². The summed E-state index contributed by atoms with van der Waals surface area (Å²) in [6.45, 7) is 3.26. The van der Waals surface area contributed by atoms with Crippen molar-refractivity contribution in [2.45, 2.75) is 25.9 Å². The summed E-state index contributed by atoms with van der Waals surface area (Å²) in [4.78, 5) is 25.8. The number of nitrogens with zero attached hydrogens (tertiary/aromatic N) is 1. The van der Waals surface area contributed by atoms with Gasteiger partial charge in [-0.25, -0.2) is 0 Å². The van der Waals surface area contributed by atoms with E-state index in [-0.39, 0.29) is 18.4 Å². The summed E-state index contributed by atoms with van der Waals surface area (Å²) in [6, 6.07) is 3.37. The third-order valence-electron chi connectivity index (χ3n) is 3.44. The topological polar surface area (TPSA) is 69.6 Å². The highest BCUT2D eigenvalue weighted by atomic mass is 32.1. The second-order valence-electron chi connectivity index (χ2n) is 4.88. The van der Waals surface area contributed by atoms with Gasteiger partial charge in [0, 0.05) is 4.88 Å². The first kappa shape index (κ1) is 14.0. The Morgan fingerprint density at radius 2 is 2.37 bits per heavy atom. The van der Waals surface area contributed by atoms with Gasteiger partial charge in [-0.15, -0.1) is 11.3 Å². The summed E-state index contributed by atoms with van der Waals surface area (Å²) in [5.74, 6) is -0.854. The van der Waals surface area contributed by atoms with Crippen LogP contribution in [0.2, 0.25) is 0 Å². The zero-order valence-electron chi connectivity index (χ0n) is 10.8. The monoisotopic (exact) mass is 282 g/mol. The lowest BCUT2D eigenvalue weighted by Gasteiger charge is -2.22. The number of carboxylic acids is 1. The number of amides is 1. The minimum Gasteiger partial charge on any atom is -0.480 e. The molecule has 2 rings (SSSR count). The molecule has 1 fully saturated rings. The van der Waals surface area contributed by atoms with E-state index in [9.17, 15) is 14.7 Å². The largest absolute Gasteiger partial charge is 0.480 e. The molecule has 2 heterocycles. The van der Waals surface area contributed by atoms with Crippen LogP contribution in [0.1, 0.15) is 18.2 Å². The second-order valence-corrected chi connectivity index (χ2v) is 5.91.